The first-order valence-electron chi connectivity index (χ1n) is 8.44. The van der Waals surface area contributed by atoms with Gasteiger partial charge in [-0.3, -0.25) is 9.48 Å². The zero-order chi connectivity index (χ0) is 16.4. The van der Waals surface area contributed by atoms with Crippen molar-refractivity contribution in [3.8, 4) is 5.75 Å². The lowest BCUT2D eigenvalue weighted by molar-refractivity contribution is 0.0115. The fourth-order valence-electron chi connectivity index (χ4n) is 3.33. The van der Waals surface area contributed by atoms with Crippen LogP contribution in [-0.2, 0) is 17.9 Å². The first-order chi connectivity index (χ1) is 11.8. The molecule has 4 rings (SSSR count). The van der Waals surface area contributed by atoms with Gasteiger partial charge in [0.25, 0.3) is 5.91 Å². The number of hydrogen-bond acceptors (Lipinski definition) is 4. The fraction of sp³-hybridized carbons (Fsp3) is 0.444. The van der Waals surface area contributed by atoms with E-state index in [-0.39, 0.29) is 11.9 Å². The Hall–Kier alpha value is -2.34. The number of aromatic nitrogens is 2. The van der Waals surface area contributed by atoms with Gasteiger partial charge in [0.2, 0.25) is 0 Å². The van der Waals surface area contributed by atoms with Crippen molar-refractivity contribution in [3.05, 3.63) is 47.8 Å². The summed E-state index contributed by atoms with van der Waals surface area (Å²) in [7, 11) is 0. The number of amides is 1. The number of fused-ring (bicyclic) bond motifs is 1. The molecule has 2 aromatic rings. The van der Waals surface area contributed by atoms with E-state index in [9.17, 15) is 4.79 Å². The molecule has 1 aromatic carbocycles. The number of carbonyl (C=O) groups excluding carboxylic acids is 1. The second-order valence-electron chi connectivity index (χ2n) is 6.22. The first-order valence-corrected chi connectivity index (χ1v) is 8.44. The molecule has 0 bridgehead atoms. The van der Waals surface area contributed by atoms with Crippen molar-refractivity contribution in [2.24, 2.45) is 0 Å². The normalized spacial score (nSPS) is 20.8. The standard InChI is InChI=1S/C18H21N3O3/c22-18-17-11-14(12-24-16-6-2-1-3-7-16)19-21(17)9-8-20(18)15-5-4-10-23-13-15/h1-3,6-7,11,15H,4-5,8-10,12-13H2. The van der Waals surface area contributed by atoms with Gasteiger partial charge in [0.15, 0.2) is 0 Å². The van der Waals surface area contributed by atoms with Gasteiger partial charge in [0.05, 0.1) is 19.2 Å². The third-order valence-electron chi connectivity index (χ3n) is 4.57. The van der Waals surface area contributed by atoms with Crippen LogP contribution in [0.15, 0.2) is 36.4 Å². The third-order valence-corrected chi connectivity index (χ3v) is 4.57. The molecule has 0 aliphatic carbocycles. The molecule has 1 amide bonds. The number of carbonyl (C=O) groups is 1. The topological polar surface area (TPSA) is 56.6 Å². The Bertz CT molecular complexity index is 708. The Balaban J connectivity index is 1.45. The largest absolute Gasteiger partial charge is 0.487 e. The quantitative estimate of drug-likeness (QED) is 0.863. The van der Waals surface area contributed by atoms with Crippen LogP contribution in [0.2, 0.25) is 0 Å². The van der Waals surface area contributed by atoms with Crippen molar-refractivity contribution in [2.75, 3.05) is 19.8 Å². The van der Waals surface area contributed by atoms with Crippen LogP contribution in [-0.4, -0.2) is 46.4 Å². The number of para-hydroxylation sites is 1. The molecule has 6 nitrogen and oxygen atoms in total. The lowest BCUT2D eigenvalue weighted by Crippen LogP contribution is -2.49. The van der Waals surface area contributed by atoms with E-state index in [0.29, 0.717) is 25.5 Å². The summed E-state index contributed by atoms with van der Waals surface area (Å²) in [6.45, 7) is 3.23. The van der Waals surface area contributed by atoms with Gasteiger partial charge in [-0.1, -0.05) is 18.2 Å². The Morgan fingerprint density at radius 1 is 1.25 bits per heavy atom. The maximum Gasteiger partial charge on any atom is 0.272 e. The van der Waals surface area contributed by atoms with E-state index in [1.54, 1.807) is 4.68 Å². The van der Waals surface area contributed by atoms with E-state index >= 15 is 0 Å². The van der Waals surface area contributed by atoms with Crippen LogP contribution >= 0.6 is 0 Å². The molecule has 126 valence electrons. The van der Waals surface area contributed by atoms with Crippen molar-refractivity contribution >= 4 is 5.91 Å². The van der Waals surface area contributed by atoms with Crippen LogP contribution in [0.25, 0.3) is 0 Å². The van der Waals surface area contributed by atoms with E-state index in [0.717, 1.165) is 37.4 Å². The van der Waals surface area contributed by atoms with Gasteiger partial charge in [-0.25, -0.2) is 0 Å². The average Bonchev–Trinajstić information content (AvgIpc) is 3.06. The number of benzene rings is 1. The lowest BCUT2D eigenvalue weighted by atomic mass is 10.1. The van der Waals surface area contributed by atoms with E-state index in [1.165, 1.54) is 0 Å². The smallest absolute Gasteiger partial charge is 0.272 e. The van der Waals surface area contributed by atoms with Crippen molar-refractivity contribution < 1.29 is 14.3 Å². The molecular formula is C18H21N3O3. The molecule has 1 saturated heterocycles. The van der Waals surface area contributed by atoms with Gasteiger partial charge < -0.3 is 14.4 Å². The van der Waals surface area contributed by atoms with Crippen molar-refractivity contribution in [3.63, 3.8) is 0 Å². The van der Waals surface area contributed by atoms with Gasteiger partial charge in [0.1, 0.15) is 23.7 Å². The zero-order valence-corrected chi connectivity index (χ0v) is 13.6. The Morgan fingerprint density at radius 2 is 2.12 bits per heavy atom. The molecule has 0 spiro atoms. The molecule has 0 saturated carbocycles. The van der Waals surface area contributed by atoms with Crippen LogP contribution in [0.3, 0.4) is 0 Å². The van der Waals surface area contributed by atoms with Crippen LogP contribution in [0.1, 0.15) is 29.0 Å². The highest BCUT2D eigenvalue weighted by Gasteiger charge is 2.32. The molecule has 0 radical (unpaired) electrons. The molecule has 2 aliphatic rings. The number of nitrogens with zero attached hydrogens (tertiary/aromatic N) is 3. The highest BCUT2D eigenvalue weighted by molar-refractivity contribution is 5.93. The highest BCUT2D eigenvalue weighted by atomic mass is 16.5. The van der Waals surface area contributed by atoms with Crippen molar-refractivity contribution in [2.45, 2.75) is 32.0 Å². The van der Waals surface area contributed by atoms with Gasteiger partial charge in [0, 0.05) is 13.2 Å². The molecule has 1 fully saturated rings. The molecule has 1 atom stereocenters. The molecule has 3 heterocycles. The molecule has 0 N–H and O–H groups in total. The van der Waals surface area contributed by atoms with Crippen LogP contribution in [0.5, 0.6) is 5.75 Å². The second kappa shape index (κ2) is 6.65. The minimum atomic E-state index is 0.0511. The molecule has 2 aliphatic heterocycles. The summed E-state index contributed by atoms with van der Waals surface area (Å²) in [5.74, 6) is 0.853. The summed E-state index contributed by atoms with van der Waals surface area (Å²) in [4.78, 5) is 14.7. The predicted molar refractivity (Wildman–Crippen MR) is 87.9 cm³/mol. The van der Waals surface area contributed by atoms with Crippen LogP contribution in [0.4, 0.5) is 0 Å². The van der Waals surface area contributed by atoms with E-state index in [1.807, 2.05) is 41.3 Å². The Kier molecular flexibility index (Phi) is 4.21. The first kappa shape index (κ1) is 15.2. The van der Waals surface area contributed by atoms with Crippen molar-refractivity contribution in [1.29, 1.82) is 0 Å². The molecule has 1 unspecified atom stereocenters. The summed E-state index contributed by atoms with van der Waals surface area (Å²) in [5, 5.41) is 4.51. The van der Waals surface area contributed by atoms with E-state index < -0.39 is 0 Å². The third kappa shape index (κ3) is 3.01. The summed E-state index contributed by atoms with van der Waals surface area (Å²) in [6, 6.07) is 11.7. The van der Waals surface area contributed by atoms with Crippen LogP contribution < -0.4 is 4.74 Å². The maximum absolute atomic E-state index is 12.8. The summed E-state index contributed by atoms with van der Waals surface area (Å²) in [6.07, 6.45) is 2.04. The summed E-state index contributed by atoms with van der Waals surface area (Å²) >= 11 is 0. The predicted octanol–water partition coefficient (Wildman–Crippen LogP) is 2.10. The monoisotopic (exact) mass is 327 g/mol. The molecule has 6 heteroatoms. The van der Waals surface area contributed by atoms with E-state index in [4.69, 9.17) is 9.47 Å². The zero-order valence-electron chi connectivity index (χ0n) is 13.6. The van der Waals surface area contributed by atoms with Crippen molar-refractivity contribution in [1.82, 2.24) is 14.7 Å². The van der Waals surface area contributed by atoms with Crippen LogP contribution in [0, 0.1) is 0 Å². The second-order valence-corrected chi connectivity index (χ2v) is 6.22. The van der Waals surface area contributed by atoms with Gasteiger partial charge in [-0.05, 0) is 31.0 Å². The molecule has 24 heavy (non-hydrogen) atoms. The molecule has 1 aromatic heterocycles. The van der Waals surface area contributed by atoms with Gasteiger partial charge in [-0.15, -0.1) is 0 Å². The van der Waals surface area contributed by atoms with Gasteiger partial charge >= 0.3 is 0 Å². The summed E-state index contributed by atoms with van der Waals surface area (Å²) in [5.41, 5.74) is 1.43. The Morgan fingerprint density at radius 3 is 2.92 bits per heavy atom. The molecular weight excluding hydrogens is 306 g/mol. The minimum Gasteiger partial charge on any atom is -0.487 e. The highest BCUT2D eigenvalue weighted by Crippen LogP contribution is 2.21. The maximum atomic E-state index is 12.8. The number of rotatable bonds is 4. The fourth-order valence-corrected chi connectivity index (χ4v) is 3.33. The Labute approximate surface area is 141 Å². The van der Waals surface area contributed by atoms with E-state index in [2.05, 4.69) is 5.10 Å². The minimum absolute atomic E-state index is 0.0511. The average molecular weight is 327 g/mol. The van der Waals surface area contributed by atoms with Gasteiger partial charge in [-0.2, -0.15) is 5.10 Å². The summed E-state index contributed by atoms with van der Waals surface area (Å²) < 4.78 is 13.1. The number of hydrogen-bond donors (Lipinski definition) is 0. The SMILES string of the molecule is O=C1c2cc(COc3ccccc3)nn2CCN1C1CCCOC1. The lowest BCUT2D eigenvalue weighted by Gasteiger charge is -2.36. The number of ether oxygens (including phenoxy) is 2.